The summed E-state index contributed by atoms with van der Waals surface area (Å²) in [5.41, 5.74) is 0. The number of piperidine rings is 2. The van der Waals surface area contributed by atoms with Crippen molar-refractivity contribution in [3.8, 4) is 0 Å². The van der Waals surface area contributed by atoms with Gasteiger partial charge in [-0.1, -0.05) is 0 Å². The molecule has 1 atom stereocenters. The van der Waals surface area contributed by atoms with Gasteiger partial charge in [-0.3, -0.25) is 4.79 Å². The highest BCUT2D eigenvalue weighted by Gasteiger charge is 2.27. The molecule has 1 N–H and O–H groups in total. The minimum Gasteiger partial charge on any atom is -0.481 e. The van der Waals surface area contributed by atoms with Crippen molar-refractivity contribution < 1.29 is 9.90 Å². The number of carboxylic acids is 1. The lowest BCUT2D eigenvalue weighted by molar-refractivity contribution is -0.141. The second-order valence-electron chi connectivity index (χ2n) is 5.89. The molecular weight excluding hydrogens is 268 g/mol. The summed E-state index contributed by atoms with van der Waals surface area (Å²) in [6.07, 6.45) is 7.14. The smallest absolute Gasteiger partial charge is 0.308 e. The van der Waals surface area contributed by atoms with E-state index in [0.29, 0.717) is 12.5 Å². The standard InChI is InChI=1S/C15H22N4O2/c20-14(21)12-5-4-10-19(11-12)15-16-7-6-13(17-15)18-8-2-1-3-9-18/h6-7,12H,1-5,8-11H2,(H,20,21). The number of rotatable bonds is 3. The highest BCUT2D eigenvalue weighted by Crippen LogP contribution is 2.23. The van der Waals surface area contributed by atoms with E-state index in [1.807, 2.05) is 11.0 Å². The van der Waals surface area contributed by atoms with Crippen molar-refractivity contribution in [1.82, 2.24) is 9.97 Å². The lowest BCUT2D eigenvalue weighted by Crippen LogP contribution is -2.40. The monoisotopic (exact) mass is 290 g/mol. The van der Waals surface area contributed by atoms with E-state index in [4.69, 9.17) is 0 Å². The predicted octanol–water partition coefficient (Wildman–Crippen LogP) is 1.77. The number of carbonyl (C=O) groups is 1. The minimum atomic E-state index is -0.716. The molecule has 6 nitrogen and oxygen atoms in total. The zero-order valence-corrected chi connectivity index (χ0v) is 12.2. The lowest BCUT2D eigenvalue weighted by atomic mass is 9.99. The second-order valence-corrected chi connectivity index (χ2v) is 5.89. The first-order valence-corrected chi connectivity index (χ1v) is 7.80. The molecular formula is C15H22N4O2. The summed E-state index contributed by atoms with van der Waals surface area (Å²) in [6, 6.07) is 1.95. The Labute approximate surface area is 124 Å². The first-order valence-electron chi connectivity index (χ1n) is 7.80. The van der Waals surface area contributed by atoms with Crippen LogP contribution in [-0.4, -0.2) is 47.2 Å². The molecule has 1 aromatic heterocycles. The molecule has 1 unspecified atom stereocenters. The van der Waals surface area contributed by atoms with Gasteiger partial charge >= 0.3 is 5.97 Å². The molecule has 0 saturated carbocycles. The van der Waals surface area contributed by atoms with Crippen LogP contribution in [0.2, 0.25) is 0 Å². The zero-order valence-electron chi connectivity index (χ0n) is 12.2. The molecule has 114 valence electrons. The normalized spacial score (nSPS) is 23.1. The van der Waals surface area contributed by atoms with Gasteiger partial charge in [-0.2, -0.15) is 4.98 Å². The molecule has 0 aliphatic carbocycles. The van der Waals surface area contributed by atoms with Gasteiger partial charge in [0.15, 0.2) is 0 Å². The number of aromatic nitrogens is 2. The number of anilines is 2. The molecule has 6 heteroatoms. The molecule has 0 spiro atoms. The molecule has 0 radical (unpaired) electrons. The third-order valence-corrected chi connectivity index (χ3v) is 4.36. The van der Waals surface area contributed by atoms with Crippen LogP contribution in [0, 0.1) is 5.92 Å². The molecule has 0 amide bonds. The van der Waals surface area contributed by atoms with Crippen LogP contribution < -0.4 is 9.80 Å². The van der Waals surface area contributed by atoms with E-state index >= 15 is 0 Å². The van der Waals surface area contributed by atoms with Crippen molar-refractivity contribution in [2.45, 2.75) is 32.1 Å². The summed E-state index contributed by atoms with van der Waals surface area (Å²) >= 11 is 0. The Balaban J connectivity index is 1.74. The van der Waals surface area contributed by atoms with Gasteiger partial charge in [0.2, 0.25) is 5.95 Å². The Kier molecular flexibility index (Phi) is 4.22. The summed E-state index contributed by atoms with van der Waals surface area (Å²) in [4.78, 5) is 24.5. The lowest BCUT2D eigenvalue weighted by Gasteiger charge is -2.32. The van der Waals surface area contributed by atoms with Gasteiger partial charge in [-0.15, -0.1) is 0 Å². The first kappa shape index (κ1) is 14.1. The molecule has 2 aliphatic heterocycles. The second kappa shape index (κ2) is 6.28. The minimum absolute atomic E-state index is 0.305. The van der Waals surface area contributed by atoms with Gasteiger partial charge in [0.05, 0.1) is 5.92 Å². The molecule has 2 saturated heterocycles. The van der Waals surface area contributed by atoms with Crippen LogP contribution in [0.4, 0.5) is 11.8 Å². The summed E-state index contributed by atoms with van der Waals surface area (Å²) in [5.74, 6) is 0.619. The van der Waals surface area contributed by atoms with Gasteiger partial charge in [0.25, 0.3) is 0 Å². The zero-order chi connectivity index (χ0) is 14.7. The van der Waals surface area contributed by atoms with Crippen LogP contribution in [0.3, 0.4) is 0 Å². The Morgan fingerprint density at radius 1 is 1.14 bits per heavy atom. The maximum atomic E-state index is 11.2. The van der Waals surface area contributed by atoms with E-state index in [-0.39, 0.29) is 5.92 Å². The fourth-order valence-corrected chi connectivity index (χ4v) is 3.15. The van der Waals surface area contributed by atoms with E-state index in [9.17, 15) is 9.90 Å². The van der Waals surface area contributed by atoms with Crippen molar-refractivity contribution in [2.75, 3.05) is 36.0 Å². The van der Waals surface area contributed by atoms with E-state index < -0.39 is 5.97 Å². The number of carboxylic acid groups (broad SMARTS) is 1. The third kappa shape index (κ3) is 3.25. The molecule has 21 heavy (non-hydrogen) atoms. The number of aliphatic carboxylic acids is 1. The molecule has 0 aromatic carbocycles. The summed E-state index contributed by atoms with van der Waals surface area (Å²) in [6.45, 7) is 3.45. The van der Waals surface area contributed by atoms with Crippen LogP contribution in [-0.2, 0) is 4.79 Å². The summed E-state index contributed by atoms with van der Waals surface area (Å²) in [5, 5.41) is 9.19. The summed E-state index contributed by atoms with van der Waals surface area (Å²) in [7, 11) is 0. The maximum Gasteiger partial charge on any atom is 0.308 e. The highest BCUT2D eigenvalue weighted by atomic mass is 16.4. The Hall–Kier alpha value is -1.85. The topological polar surface area (TPSA) is 69.6 Å². The van der Waals surface area contributed by atoms with Crippen LogP contribution in [0.15, 0.2) is 12.3 Å². The predicted molar refractivity (Wildman–Crippen MR) is 80.7 cm³/mol. The molecule has 1 aromatic rings. The van der Waals surface area contributed by atoms with Gasteiger partial charge in [-0.05, 0) is 38.2 Å². The van der Waals surface area contributed by atoms with E-state index in [2.05, 4.69) is 14.9 Å². The fourth-order valence-electron chi connectivity index (χ4n) is 3.15. The van der Waals surface area contributed by atoms with E-state index in [0.717, 1.165) is 38.3 Å². The Bertz CT molecular complexity index is 502. The maximum absolute atomic E-state index is 11.2. The first-order chi connectivity index (χ1) is 10.2. The van der Waals surface area contributed by atoms with E-state index in [1.54, 1.807) is 6.20 Å². The number of hydrogen-bond acceptors (Lipinski definition) is 5. The SMILES string of the molecule is O=C(O)C1CCCN(c2nccc(N3CCCCC3)n2)C1. The Morgan fingerprint density at radius 2 is 1.90 bits per heavy atom. The van der Waals surface area contributed by atoms with Crippen molar-refractivity contribution in [3.05, 3.63) is 12.3 Å². The van der Waals surface area contributed by atoms with Gasteiger partial charge < -0.3 is 14.9 Å². The van der Waals surface area contributed by atoms with Crippen molar-refractivity contribution in [1.29, 1.82) is 0 Å². The van der Waals surface area contributed by atoms with Crippen LogP contribution in [0.1, 0.15) is 32.1 Å². The fraction of sp³-hybridized carbons (Fsp3) is 0.667. The molecule has 0 bridgehead atoms. The highest BCUT2D eigenvalue weighted by molar-refractivity contribution is 5.71. The van der Waals surface area contributed by atoms with Crippen molar-refractivity contribution >= 4 is 17.7 Å². The average Bonchev–Trinajstić information content (AvgIpc) is 2.56. The van der Waals surface area contributed by atoms with Crippen molar-refractivity contribution in [3.63, 3.8) is 0 Å². The van der Waals surface area contributed by atoms with Crippen LogP contribution in [0.25, 0.3) is 0 Å². The van der Waals surface area contributed by atoms with Crippen molar-refractivity contribution in [2.24, 2.45) is 5.92 Å². The van der Waals surface area contributed by atoms with Gasteiger partial charge in [-0.25, -0.2) is 4.98 Å². The molecule has 2 aliphatic rings. The number of nitrogens with zero attached hydrogens (tertiary/aromatic N) is 4. The molecule has 3 rings (SSSR count). The average molecular weight is 290 g/mol. The molecule has 3 heterocycles. The largest absolute Gasteiger partial charge is 0.481 e. The third-order valence-electron chi connectivity index (χ3n) is 4.36. The van der Waals surface area contributed by atoms with Crippen LogP contribution >= 0.6 is 0 Å². The summed E-state index contributed by atoms with van der Waals surface area (Å²) < 4.78 is 0. The van der Waals surface area contributed by atoms with Gasteiger partial charge in [0, 0.05) is 32.4 Å². The quantitative estimate of drug-likeness (QED) is 0.915. The molecule has 2 fully saturated rings. The number of hydrogen-bond donors (Lipinski definition) is 1. The van der Waals surface area contributed by atoms with E-state index in [1.165, 1.54) is 19.3 Å². The van der Waals surface area contributed by atoms with Gasteiger partial charge in [0.1, 0.15) is 5.82 Å². The Morgan fingerprint density at radius 3 is 2.67 bits per heavy atom. The van der Waals surface area contributed by atoms with Crippen LogP contribution in [0.5, 0.6) is 0 Å².